The minimum absolute atomic E-state index is 0.00708. The van der Waals surface area contributed by atoms with E-state index >= 15 is 0 Å². The first-order valence-electron chi connectivity index (χ1n) is 7.65. The zero-order valence-corrected chi connectivity index (χ0v) is 13.5. The Morgan fingerprint density at radius 3 is 2.22 bits per heavy atom. The van der Waals surface area contributed by atoms with Crippen LogP contribution >= 0.6 is 0 Å². The minimum atomic E-state index is -0.0630. The van der Waals surface area contributed by atoms with E-state index in [1.165, 1.54) is 6.92 Å². The number of carbonyl (C=O) groups is 2. The molecule has 120 valence electrons. The standard InChI is InChI=1S/C19H21NO3/c1-3-20(13-16-7-5-4-6-8-16)19(22)14-23-18-11-9-17(10-12-18)15(2)21/h4-12H,3,13-14H2,1-2H3. The van der Waals surface area contributed by atoms with Gasteiger partial charge in [-0.1, -0.05) is 30.3 Å². The summed E-state index contributed by atoms with van der Waals surface area (Å²) in [6, 6.07) is 16.7. The highest BCUT2D eigenvalue weighted by Gasteiger charge is 2.13. The number of rotatable bonds is 7. The maximum Gasteiger partial charge on any atom is 0.260 e. The van der Waals surface area contributed by atoms with Crippen LogP contribution in [0.3, 0.4) is 0 Å². The molecule has 0 fully saturated rings. The number of amides is 1. The third-order valence-corrected chi connectivity index (χ3v) is 3.57. The molecule has 1 amide bonds. The van der Waals surface area contributed by atoms with Crippen LogP contribution in [0.25, 0.3) is 0 Å². The van der Waals surface area contributed by atoms with Gasteiger partial charge < -0.3 is 9.64 Å². The summed E-state index contributed by atoms with van der Waals surface area (Å²) in [7, 11) is 0. The highest BCUT2D eigenvalue weighted by molar-refractivity contribution is 5.94. The third kappa shape index (κ3) is 4.95. The molecule has 0 radical (unpaired) electrons. The molecule has 0 aliphatic heterocycles. The zero-order valence-electron chi connectivity index (χ0n) is 13.5. The van der Waals surface area contributed by atoms with E-state index in [0.29, 0.717) is 24.4 Å². The first kappa shape index (κ1) is 16.7. The van der Waals surface area contributed by atoms with Crippen molar-refractivity contribution in [2.24, 2.45) is 0 Å². The molecule has 2 aromatic rings. The van der Waals surface area contributed by atoms with E-state index in [0.717, 1.165) is 5.56 Å². The molecular weight excluding hydrogens is 290 g/mol. The fourth-order valence-electron chi connectivity index (χ4n) is 2.20. The number of likely N-dealkylation sites (N-methyl/N-ethyl adjacent to an activating group) is 1. The molecule has 0 aromatic heterocycles. The van der Waals surface area contributed by atoms with Gasteiger partial charge in [0.2, 0.25) is 0 Å². The van der Waals surface area contributed by atoms with Crippen LogP contribution in [0.15, 0.2) is 54.6 Å². The molecule has 0 saturated heterocycles. The lowest BCUT2D eigenvalue weighted by Gasteiger charge is -2.21. The van der Waals surface area contributed by atoms with Crippen molar-refractivity contribution in [2.75, 3.05) is 13.2 Å². The number of nitrogens with zero attached hydrogens (tertiary/aromatic N) is 1. The van der Waals surface area contributed by atoms with Crippen molar-refractivity contribution in [2.45, 2.75) is 20.4 Å². The Morgan fingerprint density at radius 2 is 1.65 bits per heavy atom. The molecule has 0 saturated carbocycles. The Balaban J connectivity index is 1.90. The SMILES string of the molecule is CCN(Cc1ccccc1)C(=O)COc1ccc(C(C)=O)cc1. The van der Waals surface area contributed by atoms with Gasteiger partial charge in [-0.2, -0.15) is 0 Å². The molecular formula is C19H21NO3. The third-order valence-electron chi connectivity index (χ3n) is 3.57. The summed E-state index contributed by atoms with van der Waals surface area (Å²) < 4.78 is 5.52. The van der Waals surface area contributed by atoms with Crippen molar-refractivity contribution in [3.8, 4) is 5.75 Å². The topological polar surface area (TPSA) is 46.6 Å². The Kier molecular flexibility index (Phi) is 5.92. The fourth-order valence-corrected chi connectivity index (χ4v) is 2.20. The molecule has 0 N–H and O–H groups in total. The summed E-state index contributed by atoms with van der Waals surface area (Å²) in [5.41, 5.74) is 1.72. The van der Waals surface area contributed by atoms with Gasteiger partial charge in [0.1, 0.15) is 5.75 Å². The van der Waals surface area contributed by atoms with Gasteiger partial charge in [0.15, 0.2) is 12.4 Å². The maximum atomic E-state index is 12.3. The molecule has 4 heteroatoms. The molecule has 2 aromatic carbocycles. The van der Waals surface area contributed by atoms with Crippen molar-refractivity contribution in [3.05, 3.63) is 65.7 Å². The molecule has 0 aliphatic rings. The van der Waals surface area contributed by atoms with Crippen LogP contribution in [0, 0.1) is 0 Å². The monoisotopic (exact) mass is 311 g/mol. The summed E-state index contributed by atoms with van der Waals surface area (Å²) in [5.74, 6) is 0.527. The van der Waals surface area contributed by atoms with Crippen LogP contribution in [0.4, 0.5) is 0 Å². The van der Waals surface area contributed by atoms with E-state index < -0.39 is 0 Å². The van der Waals surface area contributed by atoms with Gasteiger partial charge in [0.25, 0.3) is 5.91 Å². The van der Waals surface area contributed by atoms with Crippen molar-refractivity contribution >= 4 is 11.7 Å². The van der Waals surface area contributed by atoms with E-state index in [1.54, 1.807) is 29.2 Å². The van der Waals surface area contributed by atoms with E-state index in [-0.39, 0.29) is 18.3 Å². The number of Topliss-reactive ketones (excluding diaryl/α,β-unsaturated/α-hetero) is 1. The molecule has 0 heterocycles. The lowest BCUT2D eigenvalue weighted by molar-refractivity contribution is -0.133. The summed E-state index contributed by atoms with van der Waals surface area (Å²) in [4.78, 5) is 25.2. The molecule has 23 heavy (non-hydrogen) atoms. The molecule has 0 atom stereocenters. The Bertz CT molecular complexity index is 650. The van der Waals surface area contributed by atoms with Crippen LogP contribution in [0.1, 0.15) is 29.8 Å². The van der Waals surface area contributed by atoms with Crippen LogP contribution in [-0.4, -0.2) is 29.7 Å². The van der Waals surface area contributed by atoms with Gasteiger partial charge >= 0.3 is 0 Å². The Hall–Kier alpha value is -2.62. The number of ether oxygens (including phenoxy) is 1. The number of hydrogen-bond donors (Lipinski definition) is 0. The molecule has 4 nitrogen and oxygen atoms in total. The van der Waals surface area contributed by atoms with Crippen LogP contribution in [0.2, 0.25) is 0 Å². The first-order chi connectivity index (χ1) is 11.1. The lowest BCUT2D eigenvalue weighted by Crippen LogP contribution is -2.34. The number of ketones is 1. The average molecular weight is 311 g/mol. The molecule has 0 spiro atoms. The van der Waals surface area contributed by atoms with Gasteiger partial charge in [-0.05, 0) is 43.7 Å². The summed E-state index contributed by atoms with van der Waals surface area (Å²) in [5, 5.41) is 0. The van der Waals surface area contributed by atoms with Gasteiger partial charge in [-0.25, -0.2) is 0 Å². The second-order valence-electron chi connectivity index (χ2n) is 5.26. The van der Waals surface area contributed by atoms with E-state index in [9.17, 15) is 9.59 Å². The zero-order chi connectivity index (χ0) is 16.7. The largest absolute Gasteiger partial charge is 0.484 e. The van der Waals surface area contributed by atoms with Crippen LogP contribution in [-0.2, 0) is 11.3 Å². The Labute approximate surface area is 136 Å². The second kappa shape index (κ2) is 8.13. The highest BCUT2D eigenvalue weighted by Crippen LogP contribution is 2.13. The van der Waals surface area contributed by atoms with E-state index in [4.69, 9.17) is 4.74 Å². The average Bonchev–Trinajstić information content (AvgIpc) is 2.58. The quantitative estimate of drug-likeness (QED) is 0.737. The molecule has 2 rings (SSSR count). The van der Waals surface area contributed by atoms with Crippen molar-refractivity contribution in [1.29, 1.82) is 0 Å². The predicted molar refractivity (Wildman–Crippen MR) is 89.5 cm³/mol. The van der Waals surface area contributed by atoms with E-state index in [2.05, 4.69) is 0 Å². The lowest BCUT2D eigenvalue weighted by atomic mass is 10.1. The summed E-state index contributed by atoms with van der Waals surface area (Å²) in [6.07, 6.45) is 0. The highest BCUT2D eigenvalue weighted by atomic mass is 16.5. The van der Waals surface area contributed by atoms with Crippen LogP contribution < -0.4 is 4.74 Å². The maximum absolute atomic E-state index is 12.3. The molecule has 0 unspecified atom stereocenters. The summed E-state index contributed by atoms with van der Waals surface area (Å²) in [6.45, 7) is 4.65. The predicted octanol–water partition coefficient (Wildman–Crippen LogP) is 3.32. The summed E-state index contributed by atoms with van der Waals surface area (Å²) >= 11 is 0. The molecule has 0 aliphatic carbocycles. The normalized spacial score (nSPS) is 10.2. The smallest absolute Gasteiger partial charge is 0.260 e. The van der Waals surface area contributed by atoms with Gasteiger partial charge in [-0.15, -0.1) is 0 Å². The fraction of sp³-hybridized carbons (Fsp3) is 0.263. The second-order valence-corrected chi connectivity index (χ2v) is 5.26. The van der Waals surface area contributed by atoms with Gasteiger partial charge in [-0.3, -0.25) is 9.59 Å². The van der Waals surface area contributed by atoms with Crippen molar-refractivity contribution in [3.63, 3.8) is 0 Å². The first-order valence-corrected chi connectivity index (χ1v) is 7.65. The number of carbonyl (C=O) groups excluding carboxylic acids is 2. The van der Waals surface area contributed by atoms with Crippen LogP contribution in [0.5, 0.6) is 5.75 Å². The number of hydrogen-bond acceptors (Lipinski definition) is 3. The van der Waals surface area contributed by atoms with Gasteiger partial charge in [0.05, 0.1) is 0 Å². The van der Waals surface area contributed by atoms with E-state index in [1.807, 2.05) is 37.3 Å². The minimum Gasteiger partial charge on any atom is -0.484 e. The van der Waals surface area contributed by atoms with Crippen molar-refractivity contribution in [1.82, 2.24) is 4.90 Å². The van der Waals surface area contributed by atoms with Gasteiger partial charge in [0, 0.05) is 18.7 Å². The molecule has 0 bridgehead atoms. The Morgan fingerprint density at radius 1 is 1.00 bits per heavy atom. The number of benzene rings is 2. The van der Waals surface area contributed by atoms with Crippen molar-refractivity contribution < 1.29 is 14.3 Å².